The van der Waals surface area contributed by atoms with E-state index in [1.165, 1.54) is 35.4 Å². The van der Waals surface area contributed by atoms with Crippen molar-refractivity contribution in [3.63, 3.8) is 0 Å². The molecule has 2 atom stereocenters. The van der Waals surface area contributed by atoms with Crippen LogP contribution in [0.4, 0.5) is 23.7 Å². The summed E-state index contributed by atoms with van der Waals surface area (Å²) >= 11 is 0. The van der Waals surface area contributed by atoms with Crippen LogP contribution in [0.15, 0.2) is 48.5 Å². The predicted molar refractivity (Wildman–Crippen MR) is 149 cm³/mol. The molecule has 2 unspecified atom stereocenters. The molecule has 2 N–H and O–H groups in total. The lowest BCUT2D eigenvalue weighted by Gasteiger charge is -2.41. The Balaban J connectivity index is 1.28. The van der Waals surface area contributed by atoms with Crippen LogP contribution in [0, 0.1) is 5.92 Å². The normalized spacial score (nSPS) is 21.3. The molecule has 1 saturated carbocycles. The molecule has 41 heavy (non-hydrogen) atoms. The number of hydrogen-bond donors (Lipinski definition) is 2. The lowest BCUT2D eigenvalue weighted by Crippen LogP contribution is -2.62. The number of piperazine rings is 1. The van der Waals surface area contributed by atoms with E-state index in [2.05, 4.69) is 16.7 Å². The zero-order chi connectivity index (χ0) is 29.0. The van der Waals surface area contributed by atoms with Crippen molar-refractivity contribution in [1.29, 1.82) is 0 Å². The number of benzene rings is 2. The number of hydrogen-bond acceptors (Lipinski definition) is 3. The Morgan fingerprint density at radius 2 is 1.63 bits per heavy atom. The van der Waals surface area contributed by atoms with Gasteiger partial charge in [0.05, 0.1) is 18.2 Å². The van der Waals surface area contributed by atoms with E-state index in [1.54, 1.807) is 4.90 Å². The highest BCUT2D eigenvalue weighted by atomic mass is 19.4. The van der Waals surface area contributed by atoms with E-state index in [1.807, 2.05) is 18.2 Å². The van der Waals surface area contributed by atoms with Crippen LogP contribution in [-0.2, 0) is 22.2 Å². The average molecular weight is 571 g/mol. The molecule has 0 aromatic heterocycles. The number of fused-ring (bicyclic) bond motifs is 1. The molecule has 3 aliphatic rings. The zero-order valence-corrected chi connectivity index (χ0v) is 23.1. The van der Waals surface area contributed by atoms with Gasteiger partial charge in [-0.2, -0.15) is 13.2 Å². The first kappa shape index (κ1) is 29.0. The highest BCUT2D eigenvalue weighted by molar-refractivity contribution is 5.92. The Morgan fingerprint density at radius 1 is 0.902 bits per heavy atom. The molecule has 1 aliphatic heterocycles. The van der Waals surface area contributed by atoms with Gasteiger partial charge in [0.15, 0.2) is 0 Å². The summed E-state index contributed by atoms with van der Waals surface area (Å²) in [5.74, 6) is 0.164. The van der Waals surface area contributed by atoms with Crippen LogP contribution >= 0.6 is 0 Å². The molecule has 0 bridgehead atoms. The molecule has 2 aliphatic carbocycles. The number of rotatable bonds is 6. The van der Waals surface area contributed by atoms with E-state index in [-0.39, 0.29) is 43.2 Å². The molecular formula is C31H37F3N4O3. The van der Waals surface area contributed by atoms with Crippen molar-refractivity contribution in [3.05, 3.63) is 65.2 Å². The van der Waals surface area contributed by atoms with Gasteiger partial charge < -0.3 is 20.4 Å². The van der Waals surface area contributed by atoms with Gasteiger partial charge in [-0.1, -0.05) is 49.9 Å². The number of aryl methyl sites for hydroxylation is 1. The van der Waals surface area contributed by atoms with Crippen molar-refractivity contribution in [1.82, 2.24) is 15.1 Å². The fourth-order valence-corrected chi connectivity index (χ4v) is 6.38. The second kappa shape index (κ2) is 12.5. The molecule has 2 fully saturated rings. The highest BCUT2D eigenvalue weighted by Gasteiger charge is 2.38. The number of carbonyl (C=O) groups excluding carboxylic acids is 3. The number of anilines is 1. The molecule has 0 spiro atoms. The van der Waals surface area contributed by atoms with Crippen molar-refractivity contribution >= 4 is 23.5 Å². The summed E-state index contributed by atoms with van der Waals surface area (Å²) in [6.07, 6.45) is 4.06. The highest BCUT2D eigenvalue weighted by Crippen LogP contribution is 2.32. The smallest absolute Gasteiger partial charge is 0.347 e. The Morgan fingerprint density at radius 3 is 2.37 bits per heavy atom. The van der Waals surface area contributed by atoms with Crippen LogP contribution in [0.5, 0.6) is 0 Å². The van der Waals surface area contributed by atoms with Gasteiger partial charge in [-0.05, 0) is 67.0 Å². The molecule has 10 heteroatoms. The molecular weight excluding hydrogens is 533 g/mol. The molecule has 1 saturated heterocycles. The van der Waals surface area contributed by atoms with Gasteiger partial charge in [0.2, 0.25) is 11.8 Å². The van der Waals surface area contributed by atoms with Gasteiger partial charge in [-0.15, -0.1) is 0 Å². The molecule has 0 radical (unpaired) electrons. The fraction of sp³-hybridized carbons (Fsp3) is 0.516. The average Bonchev–Trinajstić information content (AvgIpc) is 3.49. The maximum atomic E-state index is 13.7. The van der Waals surface area contributed by atoms with Crippen molar-refractivity contribution in [3.8, 4) is 0 Å². The van der Waals surface area contributed by atoms with Crippen LogP contribution in [0.2, 0.25) is 0 Å². The number of halogens is 3. The summed E-state index contributed by atoms with van der Waals surface area (Å²) in [5, 5.41) is 5.79. The quantitative estimate of drug-likeness (QED) is 0.453. The van der Waals surface area contributed by atoms with E-state index >= 15 is 0 Å². The van der Waals surface area contributed by atoms with Gasteiger partial charge in [0, 0.05) is 25.2 Å². The number of nitrogens with one attached hydrogen (secondary N) is 2. The van der Waals surface area contributed by atoms with Gasteiger partial charge in [0.1, 0.15) is 6.04 Å². The third-order valence-electron chi connectivity index (χ3n) is 8.68. The largest absolute Gasteiger partial charge is 0.416 e. The summed E-state index contributed by atoms with van der Waals surface area (Å²) in [4.78, 5) is 43.3. The Hall–Kier alpha value is -3.56. The maximum absolute atomic E-state index is 13.7. The summed E-state index contributed by atoms with van der Waals surface area (Å²) in [6, 6.07) is 10.7. The Kier molecular flexibility index (Phi) is 8.85. The third kappa shape index (κ3) is 7.02. The Bertz CT molecular complexity index is 1240. The van der Waals surface area contributed by atoms with Crippen molar-refractivity contribution in [2.45, 2.75) is 76.0 Å². The standard InChI is InChI=1S/C31H37F3N4O3/c32-31(33,34)23-13-15-24(16-14-23)35-30(41)37-18-19-38(28(39)17-12-21-6-1-2-7-21)27(20-37)29(40)36-26-11-5-9-22-8-3-4-10-25(22)26/h3-4,8,10,13-16,21,26-27H,1-2,5-7,9,11-12,17-20H2,(H,35,41)(H,36,40). The van der Waals surface area contributed by atoms with E-state index in [0.717, 1.165) is 56.2 Å². The molecule has 2 aromatic carbocycles. The number of amides is 4. The van der Waals surface area contributed by atoms with Gasteiger partial charge in [-0.3, -0.25) is 9.59 Å². The minimum Gasteiger partial charge on any atom is -0.347 e. The predicted octanol–water partition coefficient (Wildman–Crippen LogP) is 5.91. The van der Waals surface area contributed by atoms with Crippen molar-refractivity contribution in [2.75, 3.05) is 25.0 Å². The molecule has 5 rings (SSSR count). The lowest BCUT2D eigenvalue weighted by molar-refractivity contribution is -0.143. The summed E-state index contributed by atoms with van der Waals surface area (Å²) < 4.78 is 38.8. The molecule has 220 valence electrons. The summed E-state index contributed by atoms with van der Waals surface area (Å²) in [7, 11) is 0. The molecule has 2 aromatic rings. The maximum Gasteiger partial charge on any atom is 0.416 e. The van der Waals surface area contributed by atoms with Gasteiger partial charge in [-0.25, -0.2) is 4.79 Å². The van der Waals surface area contributed by atoms with Crippen LogP contribution in [0.1, 0.15) is 74.1 Å². The number of alkyl halides is 3. The first-order valence-corrected chi connectivity index (χ1v) is 14.6. The first-order valence-electron chi connectivity index (χ1n) is 14.6. The molecule has 4 amide bonds. The SMILES string of the molecule is O=C(NC1CCCc2ccccc21)C1CN(C(=O)Nc2ccc(C(F)(F)F)cc2)CCN1C(=O)CCC1CCCC1. The van der Waals surface area contributed by atoms with Crippen molar-refractivity contribution < 1.29 is 27.6 Å². The van der Waals surface area contributed by atoms with Gasteiger partial charge >= 0.3 is 12.2 Å². The van der Waals surface area contributed by atoms with Crippen LogP contribution in [-0.4, -0.2) is 53.3 Å². The first-order chi connectivity index (χ1) is 19.7. The van der Waals surface area contributed by atoms with Gasteiger partial charge in [0.25, 0.3) is 0 Å². The molecule has 1 heterocycles. The number of urea groups is 1. The second-order valence-electron chi connectivity index (χ2n) is 11.4. The van der Waals surface area contributed by atoms with Crippen LogP contribution in [0.3, 0.4) is 0 Å². The molecule has 7 nitrogen and oxygen atoms in total. The van der Waals surface area contributed by atoms with Crippen molar-refractivity contribution in [2.24, 2.45) is 5.92 Å². The monoisotopic (exact) mass is 570 g/mol. The third-order valence-corrected chi connectivity index (χ3v) is 8.68. The van der Waals surface area contributed by atoms with E-state index in [0.29, 0.717) is 12.3 Å². The van der Waals surface area contributed by atoms with E-state index in [4.69, 9.17) is 0 Å². The Labute approximate surface area is 238 Å². The van der Waals surface area contributed by atoms with Crippen LogP contribution in [0.25, 0.3) is 0 Å². The van der Waals surface area contributed by atoms with Crippen LogP contribution < -0.4 is 10.6 Å². The van der Waals surface area contributed by atoms with E-state index < -0.39 is 23.8 Å². The minimum atomic E-state index is -4.47. The summed E-state index contributed by atoms with van der Waals surface area (Å²) in [5.41, 5.74) is 1.70. The lowest BCUT2D eigenvalue weighted by atomic mass is 9.87. The minimum absolute atomic E-state index is 0.00182. The fourth-order valence-electron chi connectivity index (χ4n) is 6.38. The zero-order valence-electron chi connectivity index (χ0n) is 23.1. The number of nitrogens with zero attached hydrogens (tertiary/aromatic N) is 2. The van der Waals surface area contributed by atoms with E-state index in [9.17, 15) is 27.6 Å². The second-order valence-corrected chi connectivity index (χ2v) is 11.4. The number of carbonyl (C=O) groups is 3. The topological polar surface area (TPSA) is 81.8 Å². The summed E-state index contributed by atoms with van der Waals surface area (Å²) in [6.45, 7) is 0.433.